The summed E-state index contributed by atoms with van der Waals surface area (Å²) in [5.74, 6) is 0.0477. The fraction of sp³-hybridized carbons (Fsp3) is 0.333. The summed E-state index contributed by atoms with van der Waals surface area (Å²) < 4.78 is 0.477. The van der Waals surface area contributed by atoms with Crippen LogP contribution in [0.15, 0.2) is 10.1 Å². The highest BCUT2D eigenvalue weighted by atomic mass is 79.9. The van der Waals surface area contributed by atoms with Gasteiger partial charge >= 0.3 is 0 Å². The number of allylic oxidation sites excluding steroid dienone is 2. The third-order valence-electron chi connectivity index (χ3n) is 1.25. The Morgan fingerprint density at radius 1 is 1.56 bits per heavy atom. The lowest BCUT2D eigenvalue weighted by molar-refractivity contribution is -0.114. The molecule has 0 saturated heterocycles. The number of Topliss-reactive ketones (excluding diaryl/α,β-unsaturated/α-hetero) is 1. The minimum Gasteiger partial charge on any atom is -0.294 e. The van der Waals surface area contributed by atoms with Gasteiger partial charge in [-0.05, 0) is 22.4 Å². The fourth-order valence-corrected chi connectivity index (χ4v) is 1.22. The third-order valence-corrected chi connectivity index (χ3v) is 2.17. The number of hydrogen-bond donors (Lipinski definition) is 0. The van der Waals surface area contributed by atoms with Crippen LogP contribution in [0.4, 0.5) is 0 Å². The first-order valence-electron chi connectivity index (χ1n) is 2.57. The molecular weight excluding hydrogens is 182 g/mol. The molecule has 0 aromatic rings. The normalized spacial score (nSPS) is 18.4. The van der Waals surface area contributed by atoms with E-state index in [0.29, 0.717) is 22.9 Å². The molecular formula is C6H4BrNO. The van der Waals surface area contributed by atoms with Gasteiger partial charge in [0.2, 0.25) is 0 Å². The van der Waals surface area contributed by atoms with Gasteiger partial charge in [0, 0.05) is 12.0 Å². The van der Waals surface area contributed by atoms with E-state index in [1.54, 1.807) is 0 Å². The Morgan fingerprint density at radius 3 is 2.44 bits per heavy atom. The molecule has 0 heterocycles. The summed E-state index contributed by atoms with van der Waals surface area (Å²) in [4.78, 5) is 10.7. The molecule has 2 nitrogen and oxygen atoms in total. The molecule has 1 aliphatic carbocycles. The molecule has 0 atom stereocenters. The molecule has 1 rings (SSSR count). The highest BCUT2D eigenvalue weighted by Gasteiger charge is 2.19. The van der Waals surface area contributed by atoms with Crippen LogP contribution in [0.1, 0.15) is 12.8 Å². The Hall–Kier alpha value is -0.620. The second-order valence-corrected chi connectivity index (χ2v) is 2.62. The highest BCUT2D eigenvalue weighted by Crippen LogP contribution is 2.26. The van der Waals surface area contributed by atoms with Crippen molar-refractivity contribution >= 4 is 21.7 Å². The molecule has 1 aliphatic rings. The molecule has 0 aliphatic heterocycles. The van der Waals surface area contributed by atoms with Crippen molar-refractivity contribution in [3.63, 3.8) is 0 Å². The van der Waals surface area contributed by atoms with Gasteiger partial charge in [-0.25, -0.2) is 0 Å². The minimum atomic E-state index is 0.0477. The number of nitrogens with zero attached hydrogens (tertiary/aromatic N) is 1. The van der Waals surface area contributed by atoms with Crippen LogP contribution in [0.25, 0.3) is 0 Å². The van der Waals surface area contributed by atoms with Gasteiger partial charge in [0.05, 0.1) is 10.6 Å². The van der Waals surface area contributed by atoms with Gasteiger partial charge < -0.3 is 0 Å². The van der Waals surface area contributed by atoms with E-state index in [1.807, 2.05) is 6.07 Å². The standard InChI is InChI=1S/C6H4BrNO/c7-6-4(3-8)1-2-5(6)9/h1-2H2. The summed E-state index contributed by atoms with van der Waals surface area (Å²) in [6, 6.07) is 1.96. The number of ketones is 1. The molecule has 0 aromatic heterocycles. The Kier molecular flexibility index (Phi) is 1.68. The van der Waals surface area contributed by atoms with Gasteiger partial charge in [-0.3, -0.25) is 4.79 Å². The van der Waals surface area contributed by atoms with Gasteiger partial charge in [0.15, 0.2) is 5.78 Å². The van der Waals surface area contributed by atoms with Crippen LogP contribution in [-0.2, 0) is 4.79 Å². The van der Waals surface area contributed by atoms with Crippen LogP contribution in [-0.4, -0.2) is 5.78 Å². The number of nitriles is 1. The largest absolute Gasteiger partial charge is 0.294 e. The summed E-state index contributed by atoms with van der Waals surface area (Å²) in [7, 11) is 0. The number of hydrogen-bond acceptors (Lipinski definition) is 2. The molecule has 0 unspecified atom stereocenters. The Bertz CT molecular complexity index is 224. The molecule has 0 saturated carbocycles. The van der Waals surface area contributed by atoms with Crippen molar-refractivity contribution in [2.24, 2.45) is 0 Å². The summed E-state index contributed by atoms with van der Waals surface area (Å²) in [5, 5.41) is 8.36. The second-order valence-electron chi connectivity index (χ2n) is 1.83. The smallest absolute Gasteiger partial charge is 0.171 e. The maximum Gasteiger partial charge on any atom is 0.171 e. The lowest BCUT2D eigenvalue weighted by Crippen LogP contribution is -1.86. The van der Waals surface area contributed by atoms with Crippen molar-refractivity contribution in [1.29, 1.82) is 5.26 Å². The average Bonchev–Trinajstić information content (AvgIpc) is 2.15. The molecule has 0 radical (unpaired) electrons. The molecule has 0 amide bonds. The summed E-state index contributed by atoms with van der Waals surface area (Å²) in [6.45, 7) is 0. The molecule has 0 aromatic carbocycles. The Labute approximate surface area is 61.3 Å². The maximum atomic E-state index is 10.7. The van der Waals surface area contributed by atoms with E-state index in [4.69, 9.17) is 5.26 Å². The zero-order chi connectivity index (χ0) is 6.85. The van der Waals surface area contributed by atoms with Gasteiger partial charge in [0.1, 0.15) is 0 Å². The molecule has 46 valence electrons. The number of rotatable bonds is 0. The summed E-state index contributed by atoms with van der Waals surface area (Å²) in [5.41, 5.74) is 0.583. The van der Waals surface area contributed by atoms with E-state index >= 15 is 0 Å². The van der Waals surface area contributed by atoms with Crippen LogP contribution in [0.2, 0.25) is 0 Å². The summed E-state index contributed by atoms with van der Waals surface area (Å²) in [6.07, 6.45) is 1.10. The van der Waals surface area contributed by atoms with E-state index in [-0.39, 0.29) is 5.78 Å². The van der Waals surface area contributed by atoms with Crippen molar-refractivity contribution in [2.75, 3.05) is 0 Å². The monoisotopic (exact) mass is 185 g/mol. The van der Waals surface area contributed by atoms with Crippen molar-refractivity contribution in [1.82, 2.24) is 0 Å². The van der Waals surface area contributed by atoms with Crippen molar-refractivity contribution in [3.8, 4) is 6.07 Å². The van der Waals surface area contributed by atoms with E-state index in [9.17, 15) is 4.79 Å². The number of carbonyl (C=O) groups is 1. The topological polar surface area (TPSA) is 40.9 Å². The molecule has 9 heavy (non-hydrogen) atoms. The van der Waals surface area contributed by atoms with Crippen LogP contribution in [0.3, 0.4) is 0 Å². The van der Waals surface area contributed by atoms with Crippen LogP contribution in [0.5, 0.6) is 0 Å². The van der Waals surface area contributed by atoms with Crippen LogP contribution >= 0.6 is 15.9 Å². The van der Waals surface area contributed by atoms with Gasteiger partial charge in [-0.15, -0.1) is 0 Å². The average molecular weight is 186 g/mol. The Morgan fingerprint density at radius 2 is 2.22 bits per heavy atom. The lowest BCUT2D eigenvalue weighted by atomic mass is 10.3. The first-order valence-corrected chi connectivity index (χ1v) is 3.37. The lowest BCUT2D eigenvalue weighted by Gasteiger charge is -1.81. The van der Waals surface area contributed by atoms with Gasteiger partial charge in [-0.2, -0.15) is 5.26 Å². The van der Waals surface area contributed by atoms with Crippen molar-refractivity contribution in [2.45, 2.75) is 12.8 Å². The molecule has 0 N–H and O–H groups in total. The first-order chi connectivity index (χ1) is 4.25. The quantitative estimate of drug-likeness (QED) is 0.575. The van der Waals surface area contributed by atoms with Crippen molar-refractivity contribution in [3.05, 3.63) is 10.1 Å². The Balaban J connectivity index is 2.96. The van der Waals surface area contributed by atoms with Gasteiger partial charge in [0.25, 0.3) is 0 Å². The van der Waals surface area contributed by atoms with Gasteiger partial charge in [-0.1, -0.05) is 0 Å². The first kappa shape index (κ1) is 6.50. The van der Waals surface area contributed by atoms with E-state index in [0.717, 1.165) is 0 Å². The van der Waals surface area contributed by atoms with E-state index < -0.39 is 0 Å². The number of halogens is 1. The number of carbonyl (C=O) groups excluding carboxylic acids is 1. The predicted molar refractivity (Wildman–Crippen MR) is 35.8 cm³/mol. The fourth-order valence-electron chi connectivity index (χ4n) is 0.731. The highest BCUT2D eigenvalue weighted by molar-refractivity contribution is 9.12. The van der Waals surface area contributed by atoms with E-state index in [1.165, 1.54) is 0 Å². The zero-order valence-corrected chi connectivity index (χ0v) is 6.23. The molecule has 0 spiro atoms. The van der Waals surface area contributed by atoms with Crippen LogP contribution < -0.4 is 0 Å². The maximum absolute atomic E-state index is 10.7. The van der Waals surface area contributed by atoms with Crippen LogP contribution in [0, 0.1) is 11.3 Å². The molecule has 3 heteroatoms. The van der Waals surface area contributed by atoms with Crippen molar-refractivity contribution < 1.29 is 4.79 Å². The minimum absolute atomic E-state index is 0.0477. The third kappa shape index (κ3) is 1.03. The summed E-state index contributed by atoms with van der Waals surface area (Å²) >= 11 is 3.04. The van der Waals surface area contributed by atoms with E-state index in [2.05, 4.69) is 15.9 Å². The SMILES string of the molecule is N#CC1=C(Br)C(=O)CC1. The molecule has 0 fully saturated rings. The molecule has 0 bridgehead atoms. The second kappa shape index (κ2) is 2.32. The zero-order valence-electron chi connectivity index (χ0n) is 4.65. The predicted octanol–water partition coefficient (Wildman–Crippen LogP) is 1.52.